The summed E-state index contributed by atoms with van der Waals surface area (Å²) in [4.78, 5) is 12.1. The summed E-state index contributed by atoms with van der Waals surface area (Å²) in [5.41, 5.74) is 3.57. The highest BCUT2D eigenvalue weighted by atomic mass is 16.5. The van der Waals surface area contributed by atoms with Crippen LogP contribution in [0.25, 0.3) is 0 Å². The third-order valence-electron chi connectivity index (χ3n) is 3.85. The van der Waals surface area contributed by atoms with Gasteiger partial charge in [0, 0.05) is 6.54 Å². The van der Waals surface area contributed by atoms with Crippen molar-refractivity contribution in [3.63, 3.8) is 0 Å². The molecule has 1 N–H and O–H groups in total. The molecule has 2 aromatic rings. The van der Waals surface area contributed by atoms with E-state index in [0.29, 0.717) is 12.5 Å². The van der Waals surface area contributed by atoms with Crippen LogP contribution in [0.5, 0.6) is 5.75 Å². The molecule has 0 aliphatic rings. The molecule has 0 aliphatic carbocycles. The molecule has 0 bridgehead atoms. The highest BCUT2D eigenvalue weighted by Gasteiger charge is 2.15. The van der Waals surface area contributed by atoms with Gasteiger partial charge in [-0.05, 0) is 48.6 Å². The molecule has 0 radical (unpaired) electrons. The summed E-state index contributed by atoms with van der Waals surface area (Å²) in [6.45, 7) is 8.69. The van der Waals surface area contributed by atoms with Gasteiger partial charge < -0.3 is 10.1 Å². The van der Waals surface area contributed by atoms with Crippen LogP contribution in [-0.2, 0) is 11.3 Å². The van der Waals surface area contributed by atoms with Crippen LogP contribution in [0.1, 0.15) is 43.4 Å². The lowest BCUT2D eigenvalue weighted by molar-refractivity contribution is -0.127. The van der Waals surface area contributed by atoms with Gasteiger partial charge in [-0.15, -0.1) is 0 Å². The smallest absolute Gasteiger partial charge is 0.261 e. The SMILES string of the molecule is Cc1cc(OC(C)C(=O)NCc2ccccc2)ccc1C(C)C. The Bertz CT molecular complexity index is 650. The lowest BCUT2D eigenvalue weighted by atomic mass is 9.98. The van der Waals surface area contributed by atoms with Crippen molar-refractivity contribution >= 4 is 5.91 Å². The third-order valence-corrected chi connectivity index (χ3v) is 3.85. The Labute approximate surface area is 138 Å². The zero-order valence-electron chi connectivity index (χ0n) is 14.3. The van der Waals surface area contributed by atoms with Crippen molar-refractivity contribution in [2.24, 2.45) is 0 Å². The maximum Gasteiger partial charge on any atom is 0.261 e. The van der Waals surface area contributed by atoms with Crippen molar-refractivity contribution in [2.75, 3.05) is 0 Å². The highest BCUT2D eigenvalue weighted by molar-refractivity contribution is 5.80. The van der Waals surface area contributed by atoms with E-state index >= 15 is 0 Å². The maximum atomic E-state index is 12.1. The van der Waals surface area contributed by atoms with Gasteiger partial charge in [-0.2, -0.15) is 0 Å². The fraction of sp³-hybridized carbons (Fsp3) is 0.350. The highest BCUT2D eigenvalue weighted by Crippen LogP contribution is 2.24. The first kappa shape index (κ1) is 17.1. The molecule has 0 saturated heterocycles. The molecule has 3 heteroatoms. The number of hydrogen-bond donors (Lipinski definition) is 1. The number of carbonyl (C=O) groups excluding carboxylic acids is 1. The third kappa shape index (κ3) is 4.85. The molecule has 0 aliphatic heterocycles. The van der Waals surface area contributed by atoms with Crippen LogP contribution in [0, 0.1) is 6.92 Å². The largest absolute Gasteiger partial charge is 0.481 e. The van der Waals surface area contributed by atoms with Crippen LogP contribution in [0.2, 0.25) is 0 Å². The number of hydrogen-bond acceptors (Lipinski definition) is 2. The van der Waals surface area contributed by atoms with Crippen LogP contribution in [0.15, 0.2) is 48.5 Å². The average molecular weight is 311 g/mol. The van der Waals surface area contributed by atoms with E-state index < -0.39 is 6.10 Å². The molecule has 2 aromatic carbocycles. The van der Waals surface area contributed by atoms with Gasteiger partial charge in [0.1, 0.15) is 5.75 Å². The first-order valence-electron chi connectivity index (χ1n) is 8.06. The van der Waals surface area contributed by atoms with Crippen molar-refractivity contribution in [1.82, 2.24) is 5.32 Å². The van der Waals surface area contributed by atoms with Gasteiger partial charge in [0.05, 0.1) is 0 Å². The van der Waals surface area contributed by atoms with E-state index in [9.17, 15) is 4.79 Å². The number of aryl methyl sites for hydroxylation is 1. The number of amides is 1. The van der Waals surface area contributed by atoms with Crippen molar-refractivity contribution in [3.8, 4) is 5.75 Å². The van der Waals surface area contributed by atoms with Crippen LogP contribution >= 0.6 is 0 Å². The molecule has 1 amide bonds. The zero-order chi connectivity index (χ0) is 16.8. The Morgan fingerprint density at radius 3 is 2.39 bits per heavy atom. The molecular weight excluding hydrogens is 286 g/mol. The average Bonchev–Trinajstić information content (AvgIpc) is 2.53. The summed E-state index contributed by atoms with van der Waals surface area (Å²) < 4.78 is 5.77. The fourth-order valence-corrected chi connectivity index (χ4v) is 2.56. The molecule has 0 spiro atoms. The number of carbonyl (C=O) groups is 1. The quantitative estimate of drug-likeness (QED) is 0.868. The minimum Gasteiger partial charge on any atom is -0.481 e. The molecule has 23 heavy (non-hydrogen) atoms. The van der Waals surface area contributed by atoms with E-state index in [-0.39, 0.29) is 5.91 Å². The Hall–Kier alpha value is -2.29. The number of benzene rings is 2. The second-order valence-electron chi connectivity index (χ2n) is 6.14. The minimum atomic E-state index is -0.525. The van der Waals surface area contributed by atoms with Crippen LogP contribution in [-0.4, -0.2) is 12.0 Å². The van der Waals surface area contributed by atoms with E-state index in [4.69, 9.17) is 4.74 Å². The molecule has 1 unspecified atom stereocenters. The predicted octanol–water partition coefficient (Wildman–Crippen LogP) is 4.20. The van der Waals surface area contributed by atoms with Crippen molar-refractivity contribution in [2.45, 2.75) is 46.3 Å². The van der Waals surface area contributed by atoms with Crippen molar-refractivity contribution < 1.29 is 9.53 Å². The van der Waals surface area contributed by atoms with E-state index in [1.54, 1.807) is 6.92 Å². The summed E-state index contributed by atoms with van der Waals surface area (Å²) in [5.74, 6) is 1.10. The fourth-order valence-electron chi connectivity index (χ4n) is 2.56. The number of rotatable bonds is 6. The summed E-state index contributed by atoms with van der Waals surface area (Å²) in [6, 6.07) is 15.9. The minimum absolute atomic E-state index is 0.112. The summed E-state index contributed by atoms with van der Waals surface area (Å²) >= 11 is 0. The molecule has 0 heterocycles. The van der Waals surface area contributed by atoms with Gasteiger partial charge >= 0.3 is 0 Å². The molecule has 3 nitrogen and oxygen atoms in total. The topological polar surface area (TPSA) is 38.3 Å². The second-order valence-corrected chi connectivity index (χ2v) is 6.14. The number of ether oxygens (including phenoxy) is 1. The molecule has 0 fully saturated rings. The summed E-state index contributed by atoms with van der Waals surface area (Å²) in [7, 11) is 0. The van der Waals surface area contributed by atoms with Gasteiger partial charge in [0.15, 0.2) is 6.10 Å². The number of nitrogens with one attached hydrogen (secondary N) is 1. The predicted molar refractivity (Wildman–Crippen MR) is 93.6 cm³/mol. The van der Waals surface area contributed by atoms with E-state index in [1.807, 2.05) is 42.5 Å². The Morgan fingerprint density at radius 2 is 1.78 bits per heavy atom. The first-order chi connectivity index (χ1) is 11.0. The summed E-state index contributed by atoms with van der Waals surface area (Å²) in [5, 5.41) is 2.90. The second kappa shape index (κ2) is 7.82. The van der Waals surface area contributed by atoms with Crippen molar-refractivity contribution in [1.29, 1.82) is 0 Å². The van der Waals surface area contributed by atoms with Gasteiger partial charge in [-0.3, -0.25) is 4.79 Å². The van der Waals surface area contributed by atoms with E-state index in [2.05, 4.69) is 32.2 Å². The van der Waals surface area contributed by atoms with Gasteiger partial charge in [0.25, 0.3) is 5.91 Å². The lowest BCUT2D eigenvalue weighted by Gasteiger charge is -2.17. The van der Waals surface area contributed by atoms with Crippen molar-refractivity contribution in [3.05, 3.63) is 65.2 Å². The normalized spacial score (nSPS) is 12.0. The van der Waals surface area contributed by atoms with Crippen LogP contribution < -0.4 is 10.1 Å². The Kier molecular flexibility index (Phi) is 5.80. The molecule has 0 saturated carbocycles. The zero-order valence-corrected chi connectivity index (χ0v) is 14.3. The van der Waals surface area contributed by atoms with Gasteiger partial charge in [-0.1, -0.05) is 50.2 Å². The van der Waals surface area contributed by atoms with Gasteiger partial charge in [0.2, 0.25) is 0 Å². The molecule has 0 aromatic heterocycles. The van der Waals surface area contributed by atoms with E-state index in [0.717, 1.165) is 11.3 Å². The lowest BCUT2D eigenvalue weighted by Crippen LogP contribution is -2.35. The van der Waals surface area contributed by atoms with Crippen LogP contribution in [0.3, 0.4) is 0 Å². The first-order valence-corrected chi connectivity index (χ1v) is 8.06. The monoisotopic (exact) mass is 311 g/mol. The Balaban J connectivity index is 1.92. The molecule has 2 rings (SSSR count). The van der Waals surface area contributed by atoms with Crippen LogP contribution in [0.4, 0.5) is 0 Å². The standard InChI is InChI=1S/C20H25NO2/c1-14(2)19-11-10-18(12-15(19)3)23-16(4)20(22)21-13-17-8-6-5-7-9-17/h5-12,14,16H,13H2,1-4H3,(H,21,22). The molecule has 1 atom stereocenters. The molecule has 122 valence electrons. The van der Waals surface area contributed by atoms with Gasteiger partial charge in [-0.25, -0.2) is 0 Å². The Morgan fingerprint density at radius 1 is 1.09 bits per heavy atom. The summed E-state index contributed by atoms with van der Waals surface area (Å²) in [6.07, 6.45) is -0.525. The maximum absolute atomic E-state index is 12.1. The molecular formula is C20H25NO2. The van der Waals surface area contributed by atoms with E-state index in [1.165, 1.54) is 11.1 Å².